The zero-order valence-corrected chi connectivity index (χ0v) is 15.3. The summed E-state index contributed by atoms with van der Waals surface area (Å²) in [5, 5.41) is 2.85. The Morgan fingerprint density at radius 1 is 1.30 bits per heavy atom. The van der Waals surface area contributed by atoms with Gasteiger partial charge in [0.15, 0.2) is 0 Å². The van der Waals surface area contributed by atoms with Crippen LogP contribution in [0.4, 0.5) is 10.1 Å². The molecule has 0 unspecified atom stereocenters. The van der Waals surface area contributed by atoms with E-state index in [1.54, 1.807) is 13.2 Å². The number of anilines is 1. The topological polar surface area (TPSA) is 38.3 Å². The first-order valence-electron chi connectivity index (χ1n) is 6.95. The minimum atomic E-state index is -0.311. The SMILES string of the molecule is COc1ccc(F)cc1CSCC(=O)Nc1ccc(C)cc1Br. The molecule has 0 aliphatic rings. The molecule has 0 aliphatic heterocycles. The van der Waals surface area contributed by atoms with E-state index in [0.29, 0.717) is 11.5 Å². The van der Waals surface area contributed by atoms with Crippen molar-refractivity contribution in [3.63, 3.8) is 0 Å². The van der Waals surface area contributed by atoms with Gasteiger partial charge in [-0.15, -0.1) is 11.8 Å². The van der Waals surface area contributed by atoms with Crippen LogP contribution in [0.3, 0.4) is 0 Å². The van der Waals surface area contributed by atoms with Gasteiger partial charge in [-0.2, -0.15) is 0 Å². The number of amides is 1. The van der Waals surface area contributed by atoms with E-state index in [2.05, 4.69) is 21.2 Å². The third kappa shape index (κ3) is 5.25. The highest BCUT2D eigenvalue weighted by Crippen LogP contribution is 2.25. The average Bonchev–Trinajstić information content (AvgIpc) is 2.50. The maximum atomic E-state index is 13.3. The first-order valence-corrected chi connectivity index (χ1v) is 8.90. The Kier molecular flexibility index (Phi) is 6.47. The molecule has 0 saturated heterocycles. The second-order valence-corrected chi connectivity index (χ2v) is 6.82. The maximum Gasteiger partial charge on any atom is 0.234 e. The minimum absolute atomic E-state index is 0.102. The van der Waals surface area contributed by atoms with E-state index in [4.69, 9.17) is 4.74 Å². The standard InChI is InChI=1S/C17H17BrFNO2S/c1-11-3-5-15(14(18)7-11)20-17(21)10-23-9-12-8-13(19)4-6-16(12)22-2/h3-8H,9-10H2,1-2H3,(H,20,21). The molecule has 0 radical (unpaired) electrons. The van der Waals surface area contributed by atoms with Crippen molar-refractivity contribution in [2.45, 2.75) is 12.7 Å². The molecule has 0 saturated carbocycles. The van der Waals surface area contributed by atoms with E-state index in [0.717, 1.165) is 21.3 Å². The van der Waals surface area contributed by atoms with E-state index in [9.17, 15) is 9.18 Å². The summed E-state index contributed by atoms with van der Waals surface area (Å²) >= 11 is 4.83. The van der Waals surface area contributed by atoms with Crippen LogP contribution in [0.15, 0.2) is 40.9 Å². The summed E-state index contributed by atoms with van der Waals surface area (Å²) in [6.07, 6.45) is 0. The summed E-state index contributed by atoms with van der Waals surface area (Å²) in [5.41, 5.74) is 2.59. The van der Waals surface area contributed by atoms with Crippen LogP contribution >= 0.6 is 27.7 Å². The fourth-order valence-corrected chi connectivity index (χ4v) is 3.42. The summed E-state index contributed by atoms with van der Waals surface area (Å²) in [6.45, 7) is 1.98. The predicted octanol–water partition coefficient (Wildman–Crippen LogP) is 4.78. The van der Waals surface area contributed by atoms with Crippen molar-refractivity contribution in [2.24, 2.45) is 0 Å². The van der Waals surface area contributed by atoms with E-state index in [1.165, 1.54) is 23.9 Å². The molecule has 23 heavy (non-hydrogen) atoms. The smallest absolute Gasteiger partial charge is 0.234 e. The molecular weight excluding hydrogens is 381 g/mol. The lowest BCUT2D eigenvalue weighted by molar-refractivity contribution is -0.113. The molecule has 2 rings (SSSR count). The number of methoxy groups -OCH3 is 1. The largest absolute Gasteiger partial charge is 0.496 e. The normalized spacial score (nSPS) is 10.4. The fourth-order valence-electron chi connectivity index (χ4n) is 2.02. The van der Waals surface area contributed by atoms with Gasteiger partial charge >= 0.3 is 0 Å². The van der Waals surface area contributed by atoms with Gasteiger partial charge in [-0.1, -0.05) is 6.07 Å². The summed E-state index contributed by atoms with van der Waals surface area (Å²) in [7, 11) is 1.54. The molecule has 0 heterocycles. The van der Waals surface area contributed by atoms with E-state index >= 15 is 0 Å². The maximum absolute atomic E-state index is 13.3. The van der Waals surface area contributed by atoms with Crippen molar-refractivity contribution in [3.05, 3.63) is 57.8 Å². The number of thioether (sulfide) groups is 1. The van der Waals surface area contributed by atoms with Gasteiger partial charge in [-0.05, 0) is 58.7 Å². The van der Waals surface area contributed by atoms with Crippen LogP contribution in [0.1, 0.15) is 11.1 Å². The number of benzene rings is 2. The number of rotatable bonds is 6. The molecule has 0 spiro atoms. The average molecular weight is 398 g/mol. The summed E-state index contributed by atoms with van der Waals surface area (Å²) in [4.78, 5) is 12.0. The lowest BCUT2D eigenvalue weighted by Gasteiger charge is -2.10. The Hall–Kier alpha value is -1.53. The second kappa shape index (κ2) is 8.36. The Balaban J connectivity index is 1.89. The summed E-state index contributed by atoms with van der Waals surface area (Å²) in [5.74, 6) is 0.994. The molecule has 0 bridgehead atoms. The lowest BCUT2D eigenvalue weighted by atomic mass is 10.2. The van der Waals surface area contributed by atoms with Gasteiger partial charge in [0.05, 0.1) is 18.6 Å². The number of hydrogen-bond acceptors (Lipinski definition) is 3. The number of aryl methyl sites for hydroxylation is 1. The Bertz CT molecular complexity index is 709. The van der Waals surface area contributed by atoms with Crippen LogP contribution in [-0.2, 0) is 10.5 Å². The molecule has 6 heteroatoms. The van der Waals surface area contributed by atoms with Crippen molar-refractivity contribution in [3.8, 4) is 5.75 Å². The molecule has 2 aromatic carbocycles. The summed E-state index contributed by atoms with van der Waals surface area (Å²) in [6, 6.07) is 10.1. The molecule has 122 valence electrons. The van der Waals surface area contributed by atoms with Crippen LogP contribution in [0.2, 0.25) is 0 Å². The van der Waals surface area contributed by atoms with Crippen molar-refractivity contribution >= 4 is 39.3 Å². The molecule has 2 aromatic rings. The molecule has 1 amide bonds. The number of nitrogens with one attached hydrogen (secondary N) is 1. The van der Waals surface area contributed by atoms with Crippen LogP contribution < -0.4 is 10.1 Å². The monoisotopic (exact) mass is 397 g/mol. The first kappa shape index (κ1) is 17.8. The molecular formula is C17H17BrFNO2S. The highest BCUT2D eigenvalue weighted by Gasteiger charge is 2.09. The fraction of sp³-hybridized carbons (Fsp3) is 0.235. The summed E-state index contributed by atoms with van der Waals surface area (Å²) < 4.78 is 19.3. The molecule has 0 aliphatic carbocycles. The van der Waals surface area contributed by atoms with Gasteiger partial charge in [-0.3, -0.25) is 4.79 Å². The van der Waals surface area contributed by atoms with Crippen LogP contribution in [-0.4, -0.2) is 18.8 Å². The van der Waals surface area contributed by atoms with Crippen molar-refractivity contribution in [2.75, 3.05) is 18.2 Å². The quantitative estimate of drug-likeness (QED) is 0.762. The zero-order chi connectivity index (χ0) is 16.8. The Morgan fingerprint density at radius 2 is 2.09 bits per heavy atom. The van der Waals surface area contributed by atoms with Gasteiger partial charge in [0, 0.05) is 15.8 Å². The number of carbonyl (C=O) groups excluding carboxylic acids is 1. The van der Waals surface area contributed by atoms with Crippen molar-refractivity contribution in [1.82, 2.24) is 0 Å². The van der Waals surface area contributed by atoms with E-state index in [-0.39, 0.29) is 17.5 Å². The molecule has 1 N–H and O–H groups in total. The lowest BCUT2D eigenvalue weighted by Crippen LogP contribution is -2.14. The zero-order valence-electron chi connectivity index (χ0n) is 12.9. The van der Waals surface area contributed by atoms with E-state index < -0.39 is 0 Å². The van der Waals surface area contributed by atoms with Gasteiger partial charge in [0.25, 0.3) is 0 Å². The predicted molar refractivity (Wildman–Crippen MR) is 96.6 cm³/mol. The van der Waals surface area contributed by atoms with Gasteiger partial charge in [-0.25, -0.2) is 4.39 Å². The molecule has 3 nitrogen and oxygen atoms in total. The molecule has 0 atom stereocenters. The van der Waals surface area contributed by atoms with Crippen LogP contribution in [0.5, 0.6) is 5.75 Å². The second-order valence-electron chi connectivity index (χ2n) is 4.98. The van der Waals surface area contributed by atoms with E-state index in [1.807, 2.05) is 25.1 Å². The third-order valence-electron chi connectivity index (χ3n) is 3.13. The van der Waals surface area contributed by atoms with Crippen LogP contribution in [0.25, 0.3) is 0 Å². The van der Waals surface area contributed by atoms with Crippen LogP contribution in [0, 0.1) is 12.7 Å². The minimum Gasteiger partial charge on any atom is -0.496 e. The van der Waals surface area contributed by atoms with Gasteiger partial charge < -0.3 is 10.1 Å². The Morgan fingerprint density at radius 3 is 2.78 bits per heavy atom. The van der Waals surface area contributed by atoms with Crippen molar-refractivity contribution < 1.29 is 13.9 Å². The highest BCUT2D eigenvalue weighted by atomic mass is 79.9. The number of carbonyl (C=O) groups is 1. The third-order valence-corrected chi connectivity index (χ3v) is 4.77. The molecule has 0 fully saturated rings. The number of halogens is 2. The van der Waals surface area contributed by atoms with Gasteiger partial charge in [0.1, 0.15) is 11.6 Å². The number of hydrogen-bond donors (Lipinski definition) is 1. The number of ether oxygens (including phenoxy) is 1. The first-order chi connectivity index (χ1) is 11.0. The van der Waals surface area contributed by atoms with Crippen molar-refractivity contribution in [1.29, 1.82) is 0 Å². The highest BCUT2D eigenvalue weighted by molar-refractivity contribution is 9.10. The Labute approximate surface area is 147 Å². The van der Waals surface area contributed by atoms with Gasteiger partial charge in [0.2, 0.25) is 5.91 Å². The molecule has 0 aromatic heterocycles.